The van der Waals surface area contributed by atoms with Crippen LogP contribution >= 0.6 is 0 Å². The number of benzene rings is 1. The predicted octanol–water partition coefficient (Wildman–Crippen LogP) is 4.64. The van der Waals surface area contributed by atoms with Gasteiger partial charge in [0, 0.05) is 36.0 Å². The van der Waals surface area contributed by atoms with Crippen molar-refractivity contribution >= 4 is 23.2 Å². The van der Waals surface area contributed by atoms with Gasteiger partial charge in [-0.05, 0) is 82.8 Å². The molecular formula is C37H43N7O4. The molecule has 250 valence electrons. The molecule has 0 atom stereocenters. The van der Waals surface area contributed by atoms with Crippen LogP contribution in [-0.2, 0) is 20.7 Å². The third kappa shape index (κ3) is 7.44. The highest BCUT2D eigenvalue weighted by molar-refractivity contribution is 5.85. The Kier molecular flexibility index (Phi) is 10.2. The molecule has 0 radical (unpaired) electrons. The van der Waals surface area contributed by atoms with Gasteiger partial charge in [0.05, 0.1) is 49.2 Å². The first-order chi connectivity index (χ1) is 23.4. The summed E-state index contributed by atoms with van der Waals surface area (Å²) in [5.41, 5.74) is 3.74. The Morgan fingerprint density at radius 2 is 1.79 bits per heavy atom. The molecule has 4 aromatic rings. The first-order valence-corrected chi connectivity index (χ1v) is 16.9. The van der Waals surface area contributed by atoms with Crippen LogP contribution in [-0.4, -0.2) is 82.9 Å². The molecule has 0 spiro atoms. The normalized spacial score (nSPS) is 16.7. The molecule has 0 unspecified atom stereocenters. The van der Waals surface area contributed by atoms with Crippen LogP contribution < -0.4 is 15.0 Å². The fraction of sp³-hybridized carbons (Fsp3) is 0.432. The van der Waals surface area contributed by atoms with E-state index >= 15 is 0 Å². The number of likely N-dealkylation sites (tertiary alicyclic amines) is 1. The summed E-state index contributed by atoms with van der Waals surface area (Å²) < 4.78 is 12.7. The van der Waals surface area contributed by atoms with Gasteiger partial charge < -0.3 is 19.7 Å². The highest BCUT2D eigenvalue weighted by Crippen LogP contribution is 2.33. The Morgan fingerprint density at radius 3 is 2.46 bits per heavy atom. The molecule has 0 saturated carbocycles. The molecule has 11 heteroatoms. The minimum Gasteiger partial charge on any atom is -0.492 e. The van der Waals surface area contributed by atoms with Crippen LogP contribution in [0, 0.1) is 17.2 Å². The average Bonchev–Trinajstić information content (AvgIpc) is 3.52. The largest absolute Gasteiger partial charge is 0.492 e. The SMILES string of the molecule is CCOC(=O)C1CCN(CC(=O)NC2(Cc3ccccc3)CCN(c3ccc(-c4cc(OCC)cn5ncc(C#N)c45)cn3)CC2)CC1. The second-order valence-electron chi connectivity index (χ2n) is 12.7. The van der Waals surface area contributed by atoms with Crippen molar-refractivity contribution < 1.29 is 19.1 Å². The number of hydrogen-bond acceptors (Lipinski definition) is 9. The van der Waals surface area contributed by atoms with E-state index in [0.29, 0.717) is 57.0 Å². The Hall–Kier alpha value is -4.95. The number of pyridine rings is 2. The molecule has 1 amide bonds. The van der Waals surface area contributed by atoms with Crippen LogP contribution in [0.1, 0.15) is 50.7 Å². The topological polar surface area (TPSA) is 125 Å². The molecule has 2 saturated heterocycles. The average molecular weight is 650 g/mol. The second kappa shape index (κ2) is 14.9. The molecule has 1 aromatic carbocycles. The summed E-state index contributed by atoms with van der Waals surface area (Å²) in [6.45, 7) is 7.90. The molecule has 48 heavy (non-hydrogen) atoms. The summed E-state index contributed by atoms with van der Waals surface area (Å²) >= 11 is 0. The number of aromatic nitrogens is 3. The van der Waals surface area contributed by atoms with E-state index in [1.54, 1.807) is 16.9 Å². The molecule has 11 nitrogen and oxygen atoms in total. The molecule has 2 fully saturated rings. The fourth-order valence-corrected chi connectivity index (χ4v) is 7.00. The number of amides is 1. The third-order valence-corrected chi connectivity index (χ3v) is 9.49. The Morgan fingerprint density at radius 1 is 1.02 bits per heavy atom. The number of fused-ring (bicyclic) bond motifs is 1. The molecule has 2 aliphatic rings. The third-order valence-electron chi connectivity index (χ3n) is 9.49. The first-order valence-electron chi connectivity index (χ1n) is 16.9. The minimum atomic E-state index is -0.376. The molecule has 2 aliphatic heterocycles. The zero-order valence-electron chi connectivity index (χ0n) is 27.7. The number of piperidine rings is 2. The zero-order valence-corrected chi connectivity index (χ0v) is 27.7. The molecule has 1 N–H and O–H groups in total. The number of anilines is 1. The van der Waals surface area contributed by atoms with Gasteiger partial charge in [-0.15, -0.1) is 0 Å². The lowest BCUT2D eigenvalue weighted by Gasteiger charge is -2.43. The maximum atomic E-state index is 13.5. The van der Waals surface area contributed by atoms with Gasteiger partial charge in [0.1, 0.15) is 17.6 Å². The number of nitrogens with zero attached hydrogens (tertiary/aromatic N) is 6. The number of nitriles is 1. The van der Waals surface area contributed by atoms with Crippen LogP contribution in [0.15, 0.2) is 67.1 Å². The van der Waals surface area contributed by atoms with E-state index in [0.717, 1.165) is 54.8 Å². The lowest BCUT2D eigenvalue weighted by Crippen LogP contribution is -2.58. The maximum absolute atomic E-state index is 13.5. The summed E-state index contributed by atoms with van der Waals surface area (Å²) in [6.07, 6.45) is 8.93. The van der Waals surface area contributed by atoms with Gasteiger partial charge in [-0.3, -0.25) is 14.5 Å². The van der Waals surface area contributed by atoms with E-state index in [2.05, 4.69) is 38.4 Å². The van der Waals surface area contributed by atoms with Gasteiger partial charge in [0.25, 0.3) is 0 Å². The van der Waals surface area contributed by atoms with Crippen molar-refractivity contribution in [1.82, 2.24) is 24.8 Å². The Balaban J connectivity index is 1.14. The molecule has 0 bridgehead atoms. The summed E-state index contributed by atoms with van der Waals surface area (Å²) in [7, 11) is 0. The molecule has 5 heterocycles. The van der Waals surface area contributed by atoms with Gasteiger partial charge in [0.2, 0.25) is 5.91 Å². The van der Waals surface area contributed by atoms with Crippen LogP contribution in [0.2, 0.25) is 0 Å². The number of esters is 1. The molecule has 3 aromatic heterocycles. The summed E-state index contributed by atoms with van der Waals surface area (Å²) in [4.78, 5) is 34.9. The van der Waals surface area contributed by atoms with E-state index in [4.69, 9.17) is 14.5 Å². The Bertz CT molecular complexity index is 1750. The summed E-state index contributed by atoms with van der Waals surface area (Å²) in [5, 5.41) is 17.5. The lowest BCUT2D eigenvalue weighted by molar-refractivity contribution is -0.149. The van der Waals surface area contributed by atoms with Gasteiger partial charge in [0.15, 0.2) is 0 Å². The van der Waals surface area contributed by atoms with Crippen molar-refractivity contribution in [1.29, 1.82) is 5.26 Å². The van der Waals surface area contributed by atoms with Crippen LogP contribution in [0.3, 0.4) is 0 Å². The maximum Gasteiger partial charge on any atom is 0.309 e. The number of carbonyl (C=O) groups is 2. The second-order valence-corrected chi connectivity index (χ2v) is 12.7. The Labute approximate surface area is 281 Å². The standard InChI is InChI=1S/C37H43N7O4/c1-3-47-31-20-32(35-30(22-38)24-40-44(35)25-31)29-10-11-33(39-23-29)43-18-14-37(15-19-43,21-27-8-6-5-7-9-27)41-34(45)26-42-16-12-28(13-17-42)36(46)48-4-2/h5-11,20,23-25,28H,3-4,12-19,21,26H2,1-2H3,(H,41,45). The van der Waals surface area contributed by atoms with Gasteiger partial charge >= 0.3 is 5.97 Å². The van der Waals surface area contributed by atoms with Gasteiger partial charge in [-0.1, -0.05) is 30.3 Å². The number of nitrogens with one attached hydrogen (secondary N) is 1. The van der Waals surface area contributed by atoms with Crippen LogP contribution in [0.25, 0.3) is 16.6 Å². The minimum absolute atomic E-state index is 0.0219. The molecule has 0 aliphatic carbocycles. The number of ether oxygens (including phenoxy) is 2. The van der Waals surface area contributed by atoms with E-state index in [1.807, 2.05) is 56.4 Å². The monoisotopic (exact) mass is 649 g/mol. The number of hydrogen-bond donors (Lipinski definition) is 1. The van der Waals surface area contributed by atoms with E-state index in [9.17, 15) is 14.9 Å². The lowest BCUT2D eigenvalue weighted by atomic mass is 9.81. The van der Waals surface area contributed by atoms with Crippen molar-refractivity contribution in [3.63, 3.8) is 0 Å². The number of rotatable bonds is 11. The van der Waals surface area contributed by atoms with Crippen LogP contribution in [0.5, 0.6) is 5.75 Å². The van der Waals surface area contributed by atoms with Gasteiger partial charge in [-0.2, -0.15) is 10.4 Å². The fourth-order valence-electron chi connectivity index (χ4n) is 7.00. The van der Waals surface area contributed by atoms with Crippen LogP contribution in [0.4, 0.5) is 5.82 Å². The zero-order chi connectivity index (χ0) is 33.5. The van der Waals surface area contributed by atoms with E-state index < -0.39 is 0 Å². The van der Waals surface area contributed by atoms with Gasteiger partial charge in [-0.25, -0.2) is 9.50 Å². The van der Waals surface area contributed by atoms with E-state index in [-0.39, 0.29) is 23.3 Å². The van der Waals surface area contributed by atoms with Crippen molar-refractivity contribution in [2.45, 2.75) is 51.5 Å². The highest BCUT2D eigenvalue weighted by atomic mass is 16.5. The van der Waals surface area contributed by atoms with Crippen molar-refractivity contribution in [3.8, 4) is 22.9 Å². The summed E-state index contributed by atoms with van der Waals surface area (Å²) in [6, 6.07) is 18.6. The molecular weight excluding hydrogens is 606 g/mol. The smallest absolute Gasteiger partial charge is 0.309 e. The molecule has 6 rings (SSSR count). The number of carbonyl (C=O) groups excluding carboxylic acids is 2. The van der Waals surface area contributed by atoms with Crippen molar-refractivity contribution in [2.75, 3.05) is 50.8 Å². The highest BCUT2D eigenvalue weighted by Gasteiger charge is 2.37. The van der Waals surface area contributed by atoms with Crippen molar-refractivity contribution in [2.24, 2.45) is 5.92 Å². The van der Waals surface area contributed by atoms with E-state index in [1.165, 1.54) is 5.56 Å². The quantitative estimate of drug-likeness (QED) is 0.231. The predicted molar refractivity (Wildman–Crippen MR) is 183 cm³/mol. The van der Waals surface area contributed by atoms with Crippen molar-refractivity contribution in [3.05, 3.63) is 78.2 Å². The summed E-state index contributed by atoms with van der Waals surface area (Å²) in [5.74, 6) is 1.36. The first kappa shape index (κ1) is 33.0.